The summed E-state index contributed by atoms with van der Waals surface area (Å²) in [5, 5.41) is 3.17. The van der Waals surface area contributed by atoms with Gasteiger partial charge in [-0.1, -0.05) is 50.1 Å². The maximum Gasteiger partial charge on any atom is 0.124 e. The maximum atomic E-state index is 4.76. The Bertz CT molecular complexity index is 747. The molecule has 100 valence electrons. The first-order valence-corrected chi connectivity index (χ1v) is 8.58. The highest BCUT2D eigenvalue weighted by Crippen LogP contribution is 2.32. The molecular weight excluding hydrogens is 398 g/mol. The Morgan fingerprint density at radius 3 is 2.35 bits per heavy atom. The summed E-state index contributed by atoms with van der Waals surface area (Å²) in [6.07, 6.45) is 0. The van der Waals surface area contributed by atoms with Gasteiger partial charge in [0.25, 0.3) is 0 Å². The summed E-state index contributed by atoms with van der Waals surface area (Å²) in [6, 6.07) is 14.5. The molecule has 0 saturated carbocycles. The number of halogens is 2. The van der Waals surface area contributed by atoms with Crippen LogP contribution in [0.3, 0.4) is 0 Å². The molecule has 0 aliphatic carbocycles. The topological polar surface area (TPSA) is 12.9 Å². The number of thiazole rings is 1. The van der Waals surface area contributed by atoms with Gasteiger partial charge in [-0.15, -0.1) is 11.3 Å². The van der Waals surface area contributed by atoms with E-state index in [0.717, 1.165) is 25.2 Å². The Morgan fingerprint density at radius 2 is 1.65 bits per heavy atom. The van der Waals surface area contributed by atoms with Gasteiger partial charge in [-0.2, -0.15) is 0 Å². The number of benzene rings is 2. The number of rotatable bonds is 2. The highest BCUT2D eigenvalue weighted by atomic mass is 79.9. The van der Waals surface area contributed by atoms with Crippen LogP contribution in [0.15, 0.2) is 56.8 Å². The second kappa shape index (κ2) is 5.80. The molecule has 2 aromatic carbocycles. The van der Waals surface area contributed by atoms with E-state index in [2.05, 4.69) is 74.5 Å². The molecule has 3 aromatic rings. The fraction of sp³-hybridized carbons (Fsp3) is 0.0625. The third-order valence-electron chi connectivity index (χ3n) is 3.06. The van der Waals surface area contributed by atoms with E-state index < -0.39 is 0 Å². The highest BCUT2D eigenvalue weighted by Gasteiger charge is 2.09. The van der Waals surface area contributed by atoms with E-state index in [4.69, 9.17) is 4.98 Å². The van der Waals surface area contributed by atoms with E-state index in [-0.39, 0.29) is 0 Å². The molecule has 0 bridgehead atoms. The Morgan fingerprint density at radius 1 is 0.950 bits per heavy atom. The van der Waals surface area contributed by atoms with Crippen molar-refractivity contribution in [2.45, 2.75) is 6.92 Å². The Hall–Kier alpha value is -0.970. The monoisotopic (exact) mass is 407 g/mol. The van der Waals surface area contributed by atoms with Crippen LogP contribution in [0.5, 0.6) is 0 Å². The van der Waals surface area contributed by atoms with E-state index >= 15 is 0 Å². The number of hydrogen-bond acceptors (Lipinski definition) is 2. The normalized spacial score (nSPS) is 10.8. The Balaban J connectivity index is 1.99. The lowest BCUT2D eigenvalue weighted by Crippen LogP contribution is -1.83. The molecule has 0 saturated heterocycles. The smallest absolute Gasteiger partial charge is 0.124 e. The zero-order valence-corrected chi connectivity index (χ0v) is 14.7. The second-order valence-electron chi connectivity index (χ2n) is 4.50. The summed E-state index contributed by atoms with van der Waals surface area (Å²) >= 11 is 8.63. The molecule has 0 N–H and O–H groups in total. The maximum absolute atomic E-state index is 4.76. The Kier molecular flexibility index (Phi) is 4.06. The van der Waals surface area contributed by atoms with E-state index in [9.17, 15) is 0 Å². The van der Waals surface area contributed by atoms with Gasteiger partial charge in [0.1, 0.15) is 5.01 Å². The summed E-state index contributed by atoms with van der Waals surface area (Å²) in [4.78, 5) is 4.76. The molecule has 1 nitrogen and oxygen atoms in total. The largest absolute Gasteiger partial charge is 0.236 e. The predicted molar refractivity (Wildman–Crippen MR) is 93.1 cm³/mol. The SMILES string of the molecule is Cc1cc(Br)ccc1-c1nc(-c2ccc(Br)cc2)cs1. The zero-order chi connectivity index (χ0) is 14.1. The van der Waals surface area contributed by atoms with Crippen molar-refractivity contribution < 1.29 is 0 Å². The standard InChI is InChI=1S/C16H11Br2NS/c1-10-8-13(18)6-7-14(10)16-19-15(9-20-16)11-2-4-12(17)5-3-11/h2-9H,1H3. The van der Waals surface area contributed by atoms with Crippen molar-refractivity contribution in [1.29, 1.82) is 0 Å². The van der Waals surface area contributed by atoms with Crippen molar-refractivity contribution >= 4 is 43.2 Å². The molecule has 0 aliphatic heterocycles. The van der Waals surface area contributed by atoms with E-state index in [1.54, 1.807) is 11.3 Å². The van der Waals surface area contributed by atoms with Gasteiger partial charge in [0.15, 0.2) is 0 Å². The fourth-order valence-corrected chi connectivity index (χ4v) is 3.68. The number of aromatic nitrogens is 1. The predicted octanol–water partition coefficient (Wildman–Crippen LogP) is 6.31. The van der Waals surface area contributed by atoms with Crippen molar-refractivity contribution in [2.24, 2.45) is 0 Å². The number of nitrogens with zero attached hydrogens (tertiary/aromatic N) is 1. The van der Waals surface area contributed by atoms with Crippen LogP contribution in [0.25, 0.3) is 21.8 Å². The van der Waals surface area contributed by atoms with Gasteiger partial charge in [0.2, 0.25) is 0 Å². The van der Waals surface area contributed by atoms with Crippen LogP contribution < -0.4 is 0 Å². The summed E-state index contributed by atoms with van der Waals surface area (Å²) in [5.41, 5.74) is 4.60. The lowest BCUT2D eigenvalue weighted by Gasteiger charge is -2.02. The molecule has 0 radical (unpaired) electrons. The van der Waals surface area contributed by atoms with Crippen molar-refractivity contribution in [3.63, 3.8) is 0 Å². The van der Waals surface area contributed by atoms with Crippen molar-refractivity contribution in [1.82, 2.24) is 4.98 Å². The average molecular weight is 409 g/mol. The molecule has 0 spiro atoms. The molecule has 0 atom stereocenters. The van der Waals surface area contributed by atoms with Gasteiger partial charge in [-0.25, -0.2) is 4.98 Å². The van der Waals surface area contributed by atoms with Gasteiger partial charge >= 0.3 is 0 Å². The molecule has 3 rings (SSSR count). The summed E-state index contributed by atoms with van der Waals surface area (Å²) in [6.45, 7) is 2.11. The van der Waals surface area contributed by atoms with Crippen molar-refractivity contribution in [2.75, 3.05) is 0 Å². The zero-order valence-electron chi connectivity index (χ0n) is 10.7. The van der Waals surface area contributed by atoms with Gasteiger partial charge < -0.3 is 0 Å². The second-order valence-corrected chi connectivity index (χ2v) is 7.19. The first-order chi connectivity index (χ1) is 9.63. The highest BCUT2D eigenvalue weighted by molar-refractivity contribution is 9.10. The van der Waals surface area contributed by atoms with Crippen molar-refractivity contribution in [3.05, 3.63) is 62.4 Å². The van der Waals surface area contributed by atoms with Gasteiger partial charge in [-0.05, 0) is 36.8 Å². The van der Waals surface area contributed by atoms with Gasteiger partial charge in [-0.3, -0.25) is 0 Å². The molecule has 0 amide bonds. The average Bonchev–Trinajstić information content (AvgIpc) is 2.89. The molecule has 0 unspecified atom stereocenters. The van der Waals surface area contributed by atoms with E-state index in [1.165, 1.54) is 11.1 Å². The van der Waals surface area contributed by atoms with Gasteiger partial charge in [0.05, 0.1) is 5.69 Å². The van der Waals surface area contributed by atoms with Crippen LogP contribution >= 0.6 is 43.2 Å². The summed E-state index contributed by atoms with van der Waals surface area (Å²) < 4.78 is 2.18. The van der Waals surface area contributed by atoms with Crippen LogP contribution in [-0.4, -0.2) is 4.98 Å². The van der Waals surface area contributed by atoms with Crippen LogP contribution in [0.4, 0.5) is 0 Å². The molecule has 4 heteroatoms. The molecular formula is C16H11Br2NS. The van der Waals surface area contributed by atoms with E-state index in [0.29, 0.717) is 0 Å². The van der Waals surface area contributed by atoms with Crippen LogP contribution in [0, 0.1) is 6.92 Å². The summed E-state index contributed by atoms with van der Waals surface area (Å²) in [7, 11) is 0. The third kappa shape index (κ3) is 2.87. The lowest BCUT2D eigenvalue weighted by atomic mass is 10.1. The number of aryl methyl sites for hydroxylation is 1. The van der Waals surface area contributed by atoms with Crippen LogP contribution in [0.1, 0.15) is 5.56 Å². The van der Waals surface area contributed by atoms with Crippen molar-refractivity contribution in [3.8, 4) is 21.8 Å². The minimum absolute atomic E-state index is 1.03. The first-order valence-electron chi connectivity index (χ1n) is 6.11. The molecule has 1 heterocycles. The molecule has 0 aliphatic rings. The van der Waals surface area contributed by atoms with Crippen LogP contribution in [0.2, 0.25) is 0 Å². The van der Waals surface area contributed by atoms with E-state index in [1.807, 2.05) is 12.1 Å². The van der Waals surface area contributed by atoms with Gasteiger partial charge in [0, 0.05) is 25.5 Å². The fourth-order valence-electron chi connectivity index (χ4n) is 2.02. The minimum atomic E-state index is 1.03. The Labute approximate surface area is 139 Å². The molecule has 1 aromatic heterocycles. The lowest BCUT2D eigenvalue weighted by molar-refractivity contribution is 1.37. The first kappa shape index (κ1) is 14.0. The number of hydrogen-bond donors (Lipinski definition) is 0. The molecule has 0 fully saturated rings. The quantitative estimate of drug-likeness (QED) is 0.484. The minimum Gasteiger partial charge on any atom is -0.236 e. The summed E-state index contributed by atoms with van der Waals surface area (Å²) in [5.74, 6) is 0. The molecule has 20 heavy (non-hydrogen) atoms. The van der Waals surface area contributed by atoms with Crippen LogP contribution in [-0.2, 0) is 0 Å². The third-order valence-corrected chi connectivity index (χ3v) is 4.96.